The van der Waals surface area contributed by atoms with Gasteiger partial charge in [-0.05, 0) is 46.4 Å². The zero-order valence-corrected chi connectivity index (χ0v) is 18.4. The second kappa shape index (κ2) is 8.08. The Balaban J connectivity index is 1.27. The van der Waals surface area contributed by atoms with Gasteiger partial charge in [-0.2, -0.15) is 4.98 Å². The summed E-state index contributed by atoms with van der Waals surface area (Å²) in [6.07, 6.45) is 2.74. The van der Waals surface area contributed by atoms with Gasteiger partial charge in [0.15, 0.2) is 5.78 Å². The molecule has 0 N–H and O–H groups in total. The Morgan fingerprint density at radius 2 is 1.79 bits per heavy atom. The van der Waals surface area contributed by atoms with Crippen LogP contribution >= 0.6 is 11.8 Å². The van der Waals surface area contributed by atoms with Crippen LogP contribution < -0.4 is 0 Å². The van der Waals surface area contributed by atoms with E-state index < -0.39 is 0 Å². The molecular weight excluding hydrogens is 435 g/mol. The Bertz CT molecular complexity index is 1510. The van der Waals surface area contributed by atoms with Crippen molar-refractivity contribution in [3.05, 3.63) is 101 Å². The number of aromatic nitrogens is 4. The smallest absolute Gasteiger partial charge is 0.253 e. The molecule has 5 aromatic rings. The molecule has 1 unspecified atom stereocenters. The van der Waals surface area contributed by atoms with Crippen molar-refractivity contribution in [3.63, 3.8) is 0 Å². The van der Waals surface area contributed by atoms with Gasteiger partial charge in [-0.15, -0.1) is 5.10 Å². The molecule has 0 aliphatic heterocycles. The Kier molecular flexibility index (Phi) is 4.91. The maximum absolute atomic E-state index is 13.3. The number of hydrogen-bond donors (Lipinski definition) is 0. The minimum atomic E-state index is -0.280. The van der Waals surface area contributed by atoms with Gasteiger partial charge in [0.2, 0.25) is 5.16 Å². The fraction of sp³-hybridized carbons (Fsp3) is 0.154. The summed E-state index contributed by atoms with van der Waals surface area (Å²) in [5.74, 6) is 0.965. The quantitative estimate of drug-likeness (QED) is 0.330. The number of halogens is 1. The van der Waals surface area contributed by atoms with Gasteiger partial charge in [-0.1, -0.05) is 66.4 Å². The molecular formula is C26H19FN4OS. The van der Waals surface area contributed by atoms with Crippen LogP contribution in [-0.4, -0.2) is 25.4 Å². The minimum absolute atomic E-state index is 0.0105. The van der Waals surface area contributed by atoms with Crippen molar-refractivity contribution >= 4 is 34.1 Å². The van der Waals surface area contributed by atoms with Crippen LogP contribution in [0.25, 0.3) is 16.6 Å². The number of rotatable bonds is 4. The molecule has 6 rings (SSSR count). The molecule has 1 aliphatic carbocycles. The van der Waals surface area contributed by atoms with E-state index in [1.807, 2.05) is 12.1 Å². The van der Waals surface area contributed by atoms with E-state index in [9.17, 15) is 9.18 Å². The molecule has 162 valence electrons. The van der Waals surface area contributed by atoms with Crippen LogP contribution in [0.3, 0.4) is 0 Å². The normalized spacial score (nSPS) is 15.8. The van der Waals surface area contributed by atoms with E-state index in [0.29, 0.717) is 29.3 Å². The lowest BCUT2D eigenvalue weighted by Gasteiger charge is -2.23. The van der Waals surface area contributed by atoms with E-state index >= 15 is 0 Å². The average Bonchev–Trinajstić information content (AvgIpc) is 3.24. The fourth-order valence-corrected chi connectivity index (χ4v) is 5.29. The highest BCUT2D eigenvalue weighted by atomic mass is 32.2. The number of thioether (sulfide) groups is 1. The average molecular weight is 455 g/mol. The standard InChI is InChI=1S/C26H19FN4OS/c27-20-10-8-16(9-11-20)19-12-23-22(24(32)13-19)14-31-25(28-23)29-26(30-31)33-15-18-6-3-5-17-4-1-2-7-21(17)18/h1-11,14,19H,12-13,15H2. The summed E-state index contributed by atoms with van der Waals surface area (Å²) in [6, 6.07) is 21.0. The van der Waals surface area contributed by atoms with Crippen LogP contribution in [0.5, 0.6) is 0 Å². The molecule has 33 heavy (non-hydrogen) atoms. The van der Waals surface area contributed by atoms with E-state index in [-0.39, 0.29) is 17.5 Å². The zero-order chi connectivity index (χ0) is 22.4. The topological polar surface area (TPSA) is 60.2 Å². The van der Waals surface area contributed by atoms with Crippen molar-refractivity contribution in [2.75, 3.05) is 0 Å². The Morgan fingerprint density at radius 1 is 0.970 bits per heavy atom. The number of carbonyl (C=O) groups excluding carboxylic acids is 1. The summed E-state index contributed by atoms with van der Waals surface area (Å²) in [5.41, 5.74) is 3.49. The molecule has 0 saturated heterocycles. The Morgan fingerprint density at radius 3 is 2.67 bits per heavy atom. The largest absolute Gasteiger partial charge is 0.294 e. The van der Waals surface area contributed by atoms with Crippen LogP contribution in [0, 0.1) is 5.82 Å². The van der Waals surface area contributed by atoms with Crippen molar-refractivity contribution in [2.24, 2.45) is 0 Å². The first-order valence-electron chi connectivity index (χ1n) is 10.8. The fourth-order valence-electron chi connectivity index (χ4n) is 4.46. The van der Waals surface area contributed by atoms with E-state index in [2.05, 4.69) is 45.4 Å². The molecule has 0 spiro atoms. The monoisotopic (exact) mass is 454 g/mol. The van der Waals surface area contributed by atoms with E-state index in [1.165, 1.54) is 28.5 Å². The summed E-state index contributed by atoms with van der Waals surface area (Å²) >= 11 is 1.55. The number of Topliss-reactive ketones (excluding diaryl/α,β-unsaturated/α-hetero) is 1. The first kappa shape index (κ1) is 20.1. The summed E-state index contributed by atoms with van der Waals surface area (Å²) in [5, 5.41) is 7.61. The zero-order valence-electron chi connectivity index (χ0n) is 17.6. The molecule has 2 aromatic heterocycles. The second-order valence-electron chi connectivity index (χ2n) is 8.25. The van der Waals surface area contributed by atoms with Gasteiger partial charge in [0.1, 0.15) is 5.82 Å². The van der Waals surface area contributed by atoms with Gasteiger partial charge in [0.05, 0.1) is 11.3 Å². The molecule has 3 aromatic carbocycles. The Labute approximate surface area is 193 Å². The maximum atomic E-state index is 13.3. The molecule has 2 heterocycles. The molecule has 0 saturated carbocycles. The van der Waals surface area contributed by atoms with E-state index in [0.717, 1.165) is 17.0 Å². The predicted molar refractivity (Wildman–Crippen MR) is 126 cm³/mol. The molecule has 0 bridgehead atoms. The maximum Gasteiger partial charge on any atom is 0.253 e. The first-order chi connectivity index (χ1) is 16.1. The highest BCUT2D eigenvalue weighted by molar-refractivity contribution is 7.98. The van der Waals surface area contributed by atoms with Gasteiger partial charge >= 0.3 is 0 Å². The highest BCUT2D eigenvalue weighted by Gasteiger charge is 2.28. The second-order valence-corrected chi connectivity index (χ2v) is 9.19. The van der Waals surface area contributed by atoms with Crippen LogP contribution in [0.15, 0.2) is 78.1 Å². The summed E-state index contributed by atoms with van der Waals surface area (Å²) in [7, 11) is 0. The number of ketones is 1. The third-order valence-corrected chi connectivity index (χ3v) is 7.03. The number of carbonyl (C=O) groups is 1. The molecule has 0 amide bonds. The predicted octanol–water partition coefficient (Wildman–Crippen LogP) is 5.62. The number of nitrogens with zero attached hydrogens (tertiary/aromatic N) is 4. The van der Waals surface area contributed by atoms with Gasteiger partial charge in [-0.3, -0.25) is 4.79 Å². The lowest BCUT2D eigenvalue weighted by atomic mass is 9.82. The van der Waals surface area contributed by atoms with Crippen LogP contribution in [0.4, 0.5) is 4.39 Å². The van der Waals surface area contributed by atoms with Crippen molar-refractivity contribution in [3.8, 4) is 0 Å². The molecule has 0 radical (unpaired) electrons. The van der Waals surface area contributed by atoms with Gasteiger partial charge in [-0.25, -0.2) is 13.9 Å². The SMILES string of the molecule is O=C1CC(c2ccc(F)cc2)Cc2nc3nc(SCc4cccc5ccccc45)nn3cc21. The van der Waals surface area contributed by atoms with Gasteiger partial charge in [0.25, 0.3) is 5.78 Å². The molecule has 0 fully saturated rings. The highest BCUT2D eigenvalue weighted by Crippen LogP contribution is 2.32. The third-order valence-electron chi connectivity index (χ3n) is 6.14. The lowest BCUT2D eigenvalue weighted by molar-refractivity contribution is 0.0962. The molecule has 1 aliphatic rings. The van der Waals surface area contributed by atoms with Crippen LogP contribution in [-0.2, 0) is 12.2 Å². The Hall–Kier alpha value is -3.58. The van der Waals surface area contributed by atoms with Crippen molar-refractivity contribution < 1.29 is 9.18 Å². The van der Waals surface area contributed by atoms with Gasteiger partial charge in [0, 0.05) is 18.4 Å². The third kappa shape index (κ3) is 3.78. The van der Waals surface area contributed by atoms with E-state index in [1.54, 1.807) is 34.6 Å². The number of fused-ring (bicyclic) bond motifs is 3. The van der Waals surface area contributed by atoms with E-state index in [4.69, 9.17) is 0 Å². The summed E-state index contributed by atoms with van der Waals surface area (Å²) in [4.78, 5) is 22.1. The molecule has 1 atom stereocenters. The molecule has 7 heteroatoms. The first-order valence-corrected chi connectivity index (χ1v) is 11.8. The number of hydrogen-bond acceptors (Lipinski definition) is 5. The van der Waals surface area contributed by atoms with Crippen molar-refractivity contribution in [1.82, 2.24) is 19.6 Å². The number of benzene rings is 3. The van der Waals surface area contributed by atoms with Crippen LogP contribution in [0.1, 0.15) is 39.5 Å². The lowest BCUT2D eigenvalue weighted by Crippen LogP contribution is -2.21. The van der Waals surface area contributed by atoms with Crippen LogP contribution in [0.2, 0.25) is 0 Å². The van der Waals surface area contributed by atoms with Crippen molar-refractivity contribution in [2.45, 2.75) is 29.7 Å². The summed E-state index contributed by atoms with van der Waals surface area (Å²) in [6.45, 7) is 0. The molecule has 5 nitrogen and oxygen atoms in total. The van der Waals surface area contributed by atoms with Crippen molar-refractivity contribution in [1.29, 1.82) is 0 Å². The summed E-state index contributed by atoms with van der Waals surface area (Å²) < 4.78 is 14.9. The minimum Gasteiger partial charge on any atom is -0.294 e. The van der Waals surface area contributed by atoms with Gasteiger partial charge < -0.3 is 0 Å².